The third-order valence-corrected chi connectivity index (χ3v) is 4.63. The normalized spacial score (nSPS) is 12.4. The van der Waals surface area contributed by atoms with Crippen molar-refractivity contribution in [2.75, 3.05) is 6.54 Å². The summed E-state index contributed by atoms with van der Waals surface area (Å²) in [6.07, 6.45) is -5.48. The van der Waals surface area contributed by atoms with Crippen LogP contribution in [0.4, 0.5) is 13.2 Å². The molecule has 1 unspecified atom stereocenters. The highest BCUT2D eigenvalue weighted by atomic mass is 32.1. The first-order valence-electron chi connectivity index (χ1n) is 8.75. The van der Waals surface area contributed by atoms with Crippen molar-refractivity contribution in [1.29, 1.82) is 0 Å². The summed E-state index contributed by atoms with van der Waals surface area (Å²) in [5, 5.41) is 9.70. The van der Waals surface area contributed by atoms with Crippen molar-refractivity contribution < 1.29 is 32.0 Å². The molecule has 3 rings (SSSR count). The molecule has 0 spiro atoms. The van der Waals surface area contributed by atoms with E-state index < -0.39 is 23.8 Å². The number of thiophene rings is 1. The van der Waals surface area contributed by atoms with Gasteiger partial charge in [0, 0.05) is 23.1 Å². The number of esters is 1. The van der Waals surface area contributed by atoms with Crippen molar-refractivity contribution in [3.05, 3.63) is 58.1 Å². The quantitative estimate of drug-likeness (QED) is 0.554. The van der Waals surface area contributed by atoms with Crippen LogP contribution in [0.15, 0.2) is 45.6 Å². The fraction of sp³-hybridized carbons (Fsp3) is 0.263. The third-order valence-electron chi connectivity index (χ3n) is 3.94. The van der Waals surface area contributed by atoms with E-state index in [-0.39, 0.29) is 36.2 Å². The molecule has 0 aliphatic carbocycles. The maximum atomic E-state index is 12.8. The lowest BCUT2D eigenvalue weighted by atomic mass is 10.1. The van der Waals surface area contributed by atoms with E-state index in [1.54, 1.807) is 16.8 Å². The number of carbonyl (C=O) groups is 2. The number of benzene rings is 1. The molecule has 0 fully saturated rings. The lowest BCUT2D eigenvalue weighted by Gasteiger charge is -2.09. The summed E-state index contributed by atoms with van der Waals surface area (Å²) in [7, 11) is 0. The van der Waals surface area contributed by atoms with Crippen LogP contribution in [-0.4, -0.2) is 28.6 Å². The summed E-state index contributed by atoms with van der Waals surface area (Å²) in [6.45, 7) is 1.57. The maximum Gasteiger partial charge on any atom is 0.416 e. The molecule has 7 nitrogen and oxygen atoms in total. The van der Waals surface area contributed by atoms with Gasteiger partial charge in [-0.2, -0.15) is 29.5 Å². The number of nitrogens with zero attached hydrogens (tertiary/aromatic N) is 2. The first kappa shape index (κ1) is 21.5. The van der Waals surface area contributed by atoms with Crippen LogP contribution in [0.5, 0.6) is 0 Å². The highest BCUT2D eigenvalue weighted by Gasteiger charge is 2.31. The highest BCUT2D eigenvalue weighted by Crippen LogP contribution is 2.31. The van der Waals surface area contributed by atoms with Gasteiger partial charge in [-0.1, -0.05) is 17.3 Å². The molecular formula is C19H16F3N3O4S. The molecule has 158 valence electrons. The van der Waals surface area contributed by atoms with E-state index in [9.17, 15) is 22.8 Å². The predicted molar refractivity (Wildman–Crippen MR) is 101 cm³/mol. The molecule has 1 aromatic carbocycles. The lowest BCUT2D eigenvalue weighted by Crippen LogP contribution is -2.26. The molecule has 0 saturated carbocycles. The van der Waals surface area contributed by atoms with Crippen LogP contribution in [0.1, 0.15) is 41.3 Å². The summed E-state index contributed by atoms with van der Waals surface area (Å²) < 4.78 is 48.7. The Hall–Kier alpha value is -3.21. The van der Waals surface area contributed by atoms with Gasteiger partial charge in [-0.15, -0.1) is 0 Å². The van der Waals surface area contributed by atoms with E-state index in [4.69, 9.17) is 9.26 Å². The number of hydrogen-bond donors (Lipinski definition) is 1. The molecule has 30 heavy (non-hydrogen) atoms. The minimum atomic E-state index is -4.50. The smallest absolute Gasteiger partial charge is 0.416 e. The van der Waals surface area contributed by atoms with Gasteiger partial charge in [-0.05, 0) is 30.5 Å². The monoisotopic (exact) mass is 439 g/mol. The van der Waals surface area contributed by atoms with Gasteiger partial charge >= 0.3 is 12.1 Å². The van der Waals surface area contributed by atoms with E-state index in [1.807, 2.05) is 0 Å². The fourth-order valence-electron chi connectivity index (χ4n) is 2.43. The van der Waals surface area contributed by atoms with Crippen molar-refractivity contribution in [3.63, 3.8) is 0 Å². The van der Waals surface area contributed by atoms with Gasteiger partial charge in [0.15, 0.2) is 6.10 Å². The van der Waals surface area contributed by atoms with E-state index in [1.165, 1.54) is 30.4 Å². The van der Waals surface area contributed by atoms with Crippen molar-refractivity contribution in [2.45, 2.75) is 25.6 Å². The number of amides is 1. The highest BCUT2D eigenvalue weighted by molar-refractivity contribution is 7.08. The Labute approximate surface area is 172 Å². The van der Waals surface area contributed by atoms with Gasteiger partial charge < -0.3 is 14.6 Å². The lowest BCUT2D eigenvalue weighted by molar-refractivity contribution is -0.149. The Morgan fingerprint density at radius 2 is 2.10 bits per heavy atom. The van der Waals surface area contributed by atoms with Crippen LogP contribution in [0, 0.1) is 0 Å². The average Bonchev–Trinajstić information content (AvgIpc) is 3.39. The Bertz CT molecular complexity index is 1020. The van der Waals surface area contributed by atoms with Crippen molar-refractivity contribution in [2.24, 2.45) is 0 Å². The molecular weight excluding hydrogens is 423 g/mol. The number of carbonyl (C=O) groups excluding carboxylic acids is 2. The molecule has 3 aromatic rings. The topological polar surface area (TPSA) is 94.3 Å². The van der Waals surface area contributed by atoms with Crippen molar-refractivity contribution in [3.8, 4) is 11.4 Å². The number of hydrogen-bond acceptors (Lipinski definition) is 7. The van der Waals surface area contributed by atoms with Gasteiger partial charge in [-0.3, -0.25) is 9.59 Å². The zero-order valence-electron chi connectivity index (χ0n) is 15.6. The second-order valence-corrected chi connectivity index (χ2v) is 6.96. The molecule has 11 heteroatoms. The third kappa shape index (κ3) is 5.44. The first-order chi connectivity index (χ1) is 14.2. The summed E-state index contributed by atoms with van der Waals surface area (Å²) in [5.41, 5.74) is -0.209. The summed E-state index contributed by atoms with van der Waals surface area (Å²) in [6, 6.07) is 6.16. The van der Waals surface area contributed by atoms with Crippen LogP contribution in [-0.2, 0) is 15.7 Å². The molecule has 2 heterocycles. The molecule has 2 aromatic heterocycles. The Morgan fingerprint density at radius 1 is 1.30 bits per heavy atom. The second kappa shape index (κ2) is 9.08. The van der Waals surface area contributed by atoms with E-state index >= 15 is 0 Å². The van der Waals surface area contributed by atoms with Crippen LogP contribution in [0.2, 0.25) is 0 Å². The van der Waals surface area contributed by atoms with Crippen LogP contribution < -0.4 is 5.32 Å². The fourth-order valence-corrected chi connectivity index (χ4v) is 3.07. The number of aromatic nitrogens is 2. The predicted octanol–water partition coefficient (Wildman–Crippen LogP) is 4.24. The van der Waals surface area contributed by atoms with Gasteiger partial charge in [0.05, 0.1) is 12.0 Å². The molecule has 0 bridgehead atoms. The van der Waals surface area contributed by atoms with Gasteiger partial charge in [0.2, 0.25) is 5.82 Å². The molecule has 1 N–H and O–H groups in total. The van der Waals surface area contributed by atoms with Crippen molar-refractivity contribution >= 4 is 23.2 Å². The Morgan fingerprint density at radius 3 is 2.80 bits per heavy atom. The standard InChI is InChI=1S/C19H16F3N3O4S/c1-11(28-15(26)5-7-23-17(27)13-6-8-30-10-13)18-24-16(25-29-18)12-3-2-4-14(9-12)19(20,21)22/h2-4,6,8-11H,5,7H2,1H3,(H,23,27). The zero-order valence-corrected chi connectivity index (χ0v) is 16.4. The van der Waals surface area contributed by atoms with Gasteiger partial charge in [0.25, 0.3) is 11.8 Å². The molecule has 1 amide bonds. The number of halogens is 3. The van der Waals surface area contributed by atoms with Crippen molar-refractivity contribution in [1.82, 2.24) is 15.5 Å². The van der Waals surface area contributed by atoms with Crippen LogP contribution >= 0.6 is 11.3 Å². The maximum absolute atomic E-state index is 12.8. The SMILES string of the molecule is CC(OC(=O)CCNC(=O)c1ccsc1)c1nc(-c2cccc(C(F)(F)F)c2)no1. The molecule has 1 atom stereocenters. The Kier molecular flexibility index (Phi) is 6.50. The first-order valence-corrected chi connectivity index (χ1v) is 9.69. The largest absolute Gasteiger partial charge is 0.452 e. The average molecular weight is 439 g/mol. The number of nitrogens with one attached hydrogen (secondary N) is 1. The number of rotatable bonds is 7. The number of alkyl halides is 3. The van der Waals surface area contributed by atoms with E-state index in [0.717, 1.165) is 12.1 Å². The van der Waals surface area contributed by atoms with E-state index in [2.05, 4.69) is 15.5 Å². The molecule has 0 radical (unpaired) electrons. The summed E-state index contributed by atoms with van der Waals surface area (Å²) >= 11 is 1.38. The summed E-state index contributed by atoms with van der Waals surface area (Å²) in [5.74, 6) is -1.01. The second-order valence-electron chi connectivity index (χ2n) is 6.18. The Balaban J connectivity index is 1.54. The minimum Gasteiger partial charge on any atom is -0.452 e. The van der Waals surface area contributed by atoms with Crippen LogP contribution in [0.25, 0.3) is 11.4 Å². The number of ether oxygens (including phenoxy) is 1. The zero-order chi connectivity index (χ0) is 21.7. The van der Waals surface area contributed by atoms with Gasteiger partial charge in [0.1, 0.15) is 0 Å². The molecule has 0 aliphatic rings. The van der Waals surface area contributed by atoms with Gasteiger partial charge in [-0.25, -0.2) is 0 Å². The molecule has 0 aliphatic heterocycles. The summed E-state index contributed by atoms with van der Waals surface area (Å²) in [4.78, 5) is 27.7. The van der Waals surface area contributed by atoms with Crippen LogP contribution in [0.3, 0.4) is 0 Å². The molecule has 0 saturated heterocycles. The minimum absolute atomic E-state index is 0.0537. The van der Waals surface area contributed by atoms with E-state index in [0.29, 0.717) is 5.56 Å².